The van der Waals surface area contributed by atoms with Gasteiger partial charge in [0.15, 0.2) is 5.58 Å². The zero-order valence-corrected chi connectivity index (χ0v) is 21.8. The molecule has 4 aromatic carbocycles. The number of nitrogens with zero attached hydrogens (tertiary/aromatic N) is 3. The van der Waals surface area contributed by atoms with E-state index in [0.29, 0.717) is 6.54 Å². The molecule has 0 fully saturated rings. The Balaban J connectivity index is 1.35. The van der Waals surface area contributed by atoms with Crippen LogP contribution in [0.1, 0.15) is 5.56 Å². The quantitative estimate of drug-likeness (QED) is 0.230. The SMILES string of the molecule is C=C1/C=C\C=C/CN(c2ccnc3c2oc2ccc(-n4c5ccccc5c5ccccc54)cc23)c2ccccc21. The highest BCUT2D eigenvalue weighted by molar-refractivity contribution is 6.11. The third-order valence-corrected chi connectivity index (χ3v) is 7.82. The second-order valence-corrected chi connectivity index (χ2v) is 10.1. The van der Waals surface area contributed by atoms with Crippen molar-refractivity contribution < 1.29 is 4.42 Å². The van der Waals surface area contributed by atoms with Gasteiger partial charge in [-0.3, -0.25) is 4.98 Å². The fraction of sp³-hybridized carbons (Fsp3) is 0.0278. The molecule has 0 radical (unpaired) electrons. The molecule has 190 valence electrons. The second-order valence-electron chi connectivity index (χ2n) is 10.1. The minimum atomic E-state index is 0.692. The number of rotatable bonds is 2. The Morgan fingerprint density at radius 1 is 0.725 bits per heavy atom. The van der Waals surface area contributed by atoms with Crippen LogP contribution in [0.15, 0.2) is 139 Å². The van der Waals surface area contributed by atoms with E-state index < -0.39 is 0 Å². The van der Waals surface area contributed by atoms with Gasteiger partial charge in [0.1, 0.15) is 11.1 Å². The van der Waals surface area contributed by atoms with Gasteiger partial charge in [-0.2, -0.15) is 0 Å². The van der Waals surface area contributed by atoms with Gasteiger partial charge >= 0.3 is 0 Å². The molecule has 0 aliphatic carbocycles. The molecule has 1 aliphatic heterocycles. The molecule has 0 bridgehead atoms. The number of pyridine rings is 1. The van der Waals surface area contributed by atoms with Gasteiger partial charge in [-0.15, -0.1) is 0 Å². The van der Waals surface area contributed by atoms with E-state index in [1.807, 2.05) is 18.3 Å². The van der Waals surface area contributed by atoms with Crippen molar-refractivity contribution in [3.63, 3.8) is 0 Å². The number of hydrogen-bond acceptors (Lipinski definition) is 3. The van der Waals surface area contributed by atoms with Crippen LogP contribution < -0.4 is 4.90 Å². The van der Waals surface area contributed by atoms with Gasteiger partial charge in [-0.1, -0.05) is 85.5 Å². The van der Waals surface area contributed by atoms with E-state index in [9.17, 15) is 0 Å². The van der Waals surface area contributed by atoms with Gasteiger partial charge in [0, 0.05) is 45.8 Å². The monoisotopic (exact) mass is 515 g/mol. The summed E-state index contributed by atoms with van der Waals surface area (Å²) in [5, 5.41) is 3.48. The van der Waals surface area contributed by atoms with E-state index in [-0.39, 0.29) is 0 Å². The Hall–Kier alpha value is -5.35. The number of para-hydroxylation sites is 3. The summed E-state index contributed by atoms with van der Waals surface area (Å²) < 4.78 is 8.88. The molecule has 3 aromatic heterocycles. The predicted octanol–water partition coefficient (Wildman–Crippen LogP) is 9.36. The van der Waals surface area contributed by atoms with Gasteiger partial charge < -0.3 is 13.9 Å². The van der Waals surface area contributed by atoms with Crippen LogP contribution in [0.3, 0.4) is 0 Å². The molecule has 0 atom stereocenters. The third-order valence-electron chi connectivity index (χ3n) is 7.82. The lowest BCUT2D eigenvalue weighted by Crippen LogP contribution is -2.18. The molecule has 0 saturated heterocycles. The van der Waals surface area contributed by atoms with Crippen molar-refractivity contribution in [2.75, 3.05) is 11.4 Å². The first-order chi connectivity index (χ1) is 19.8. The molecule has 0 saturated carbocycles. The number of allylic oxidation sites excluding steroid dienone is 4. The van der Waals surface area contributed by atoms with Crippen molar-refractivity contribution >= 4 is 60.8 Å². The van der Waals surface area contributed by atoms with Gasteiger partial charge in [0.05, 0.1) is 16.7 Å². The molecule has 4 heterocycles. The molecule has 1 aliphatic rings. The Morgan fingerprint density at radius 3 is 2.30 bits per heavy atom. The second kappa shape index (κ2) is 8.85. The Kier molecular flexibility index (Phi) is 5.01. The largest absolute Gasteiger partial charge is 0.452 e. The van der Waals surface area contributed by atoms with Gasteiger partial charge in [0.25, 0.3) is 0 Å². The zero-order chi connectivity index (χ0) is 26.6. The Morgan fingerprint density at radius 2 is 1.48 bits per heavy atom. The van der Waals surface area contributed by atoms with Gasteiger partial charge in [0.2, 0.25) is 0 Å². The average molecular weight is 516 g/mol. The lowest BCUT2D eigenvalue weighted by molar-refractivity contribution is 0.667. The van der Waals surface area contributed by atoms with Crippen LogP contribution in [0.2, 0.25) is 0 Å². The predicted molar refractivity (Wildman–Crippen MR) is 167 cm³/mol. The fourth-order valence-corrected chi connectivity index (χ4v) is 6.00. The summed E-state index contributed by atoms with van der Waals surface area (Å²) in [7, 11) is 0. The summed E-state index contributed by atoms with van der Waals surface area (Å²) in [5.74, 6) is 0. The van der Waals surface area contributed by atoms with E-state index >= 15 is 0 Å². The van der Waals surface area contributed by atoms with Gasteiger partial charge in [-0.05, 0) is 48.0 Å². The number of aromatic nitrogens is 2. The van der Waals surface area contributed by atoms with Gasteiger partial charge in [-0.25, -0.2) is 0 Å². The fourth-order valence-electron chi connectivity index (χ4n) is 6.00. The lowest BCUT2D eigenvalue weighted by atomic mass is 10.0. The molecule has 7 aromatic rings. The maximum atomic E-state index is 6.55. The normalized spacial score (nSPS) is 15.3. The van der Waals surface area contributed by atoms with Crippen LogP contribution >= 0.6 is 0 Å². The number of benzene rings is 4. The van der Waals surface area contributed by atoms with Crippen LogP contribution in [0.4, 0.5) is 11.4 Å². The number of furan rings is 1. The zero-order valence-electron chi connectivity index (χ0n) is 21.8. The maximum Gasteiger partial charge on any atom is 0.177 e. The summed E-state index contributed by atoms with van der Waals surface area (Å²) in [4.78, 5) is 7.11. The molecule has 4 nitrogen and oxygen atoms in total. The van der Waals surface area contributed by atoms with Crippen molar-refractivity contribution in [1.29, 1.82) is 0 Å². The van der Waals surface area contributed by atoms with Crippen molar-refractivity contribution in [1.82, 2.24) is 9.55 Å². The standard InChI is InChI=1S/C36H25N3O/c1-24-11-3-2-10-22-38(30-15-7-4-12-26(24)30)33-20-21-37-35-29-23-25(18-19-34(29)40-36(33)35)39-31-16-8-5-13-27(31)28-14-6-9-17-32(28)39/h2-21,23H,1,22H2/b10-2-,11-3-. The Bertz CT molecular complexity index is 2120. The number of hydrogen-bond donors (Lipinski definition) is 0. The molecule has 0 spiro atoms. The van der Waals surface area contributed by atoms with Crippen molar-refractivity contribution in [3.8, 4) is 5.69 Å². The van der Waals surface area contributed by atoms with Crippen molar-refractivity contribution in [2.45, 2.75) is 0 Å². The van der Waals surface area contributed by atoms with Crippen molar-refractivity contribution in [3.05, 3.63) is 140 Å². The topological polar surface area (TPSA) is 34.2 Å². The summed E-state index contributed by atoms with van der Waals surface area (Å²) >= 11 is 0. The molecule has 0 N–H and O–H groups in total. The van der Waals surface area contributed by atoms with E-state index in [4.69, 9.17) is 9.40 Å². The first kappa shape index (κ1) is 22.6. The minimum absolute atomic E-state index is 0.692. The molecular weight excluding hydrogens is 490 g/mol. The highest BCUT2D eigenvalue weighted by atomic mass is 16.3. The van der Waals surface area contributed by atoms with Crippen LogP contribution in [0, 0.1) is 0 Å². The number of anilines is 2. The highest BCUT2D eigenvalue weighted by Crippen LogP contribution is 2.40. The van der Waals surface area contributed by atoms with Crippen LogP contribution in [-0.4, -0.2) is 16.1 Å². The third kappa shape index (κ3) is 3.36. The molecule has 40 heavy (non-hydrogen) atoms. The first-order valence-electron chi connectivity index (χ1n) is 13.5. The van der Waals surface area contributed by atoms with E-state index in [0.717, 1.165) is 50.3 Å². The summed E-state index contributed by atoms with van der Waals surface area (Å²) in [6.45, 7) is 5.01. The average Bonchev–Trinajstić information content (AvgIpc) is 3.56. The van der Waals surface area contributed by atoms with Crippen LogP contribution in [-0.2, 0) is 0 Å². The number of fused-ring (bicyclic) bond motifs is 7. The molecule has 8 rings (SSSR count). The smallest absolute Gasteiger partial charge is 0.177 e. The van der Waals surface area contributed by atoms with Crippen molar-refractivity contribution in [2.24, 2.45) is 0 Å². The molecule has 0 amide bonds. The summed E-state index contributed by atoms with van der Waals surface area (Å²) in [5.41, 5.74) is 10.0. The molecular formula is C36H25N3O. The highest BCUT2D eigenvalue weighted by Gasteiger charge is 2.21. The van der Waals surface area contributed by atoms with Crippen LogP contribution in [0.25, 0.3) is 55.1 Å². The Labute approximate surface area is 231 Å². The lowest BCUT2D eigenvalue weighted by Gasteiger charge is -2.26. The van der Waals surface area contributed by atoms with Crippen LogP contribution in [0.5, 0.6) is 0 Å². The minimum Gasteiger partial charge on any atom is -0.452 e. The summed E-state index contributed by atoms with van der Waals surface area (Å²) in [6, 6.07) is 34.0. The summed E-state index contributed by atoms with van der Waals surface area (Å²) in [6.07, 6.45) is 10.2. The van der Waals surface area contributed by atoms with E-state index in [2.05, 4.69) is 125 Å². The first-order valence-corrected chi connectivity index (χ1v) is 13.5. The molecule has 4 heteroatoms. The maximum absolute atomic E-state index is 6.55. The molecule has 0 unspecified atom stereocenters. The van der Waals surface area contributed by atoms with E-state index in [1.165, 1.54) is 21.8 Å². The van der Waals surface area contributed by atoms with E-state index in [1.54, 1.807) is 0 Å².